The van der Waals surface area contributed by atoms with Crippen LogP contribution in [0.1, 0.15) is 53.7 Å². The van der Waals surface area contributed by atoms with Gasteiger partial charge in [0.05, 0.1) is 17.4 Å². The highest BCUT2D eigenvalue weighted by atomic mass is 16.2. The van der Waals surface area contributed by atoms with Crippen LogP contribution in [0, 0.1) is 0 Å². The molecular formula is C21H22N4O. The Bertz CT molecular complexity index is 938. The number of imidazole rings is 1. The Morgan fingerprint density at radius 1 is 1.08 bits per heavy atom. The lowest BCUT2D eigenvalue weighted by molar-refractivity contribution is 0.0696. The van der Waals surface area contributed by atoms with Gasteiger partial charge in [-0.1, -0.05) is 18.2 Å². The number of hydrogen-bond donors (Lipinski definition) is 0. The van der Waals surface area contributed by atoms with E-state index in [9.17, 15) is 4.79 Å². The number of fused-ring (bicyclic) bond motifs is 1. The molecule has 1 amide bonds. The maximum Gasteiger partial charge on any atom is 0.254 e. The molecule has 1 saturated heterocycles. The van der Waals surface area contributed by atoms with Crippen molar-refractivity contribution in [3.8, 4) is 0 Å². The molecule has 0 bridgehead atoms. The Kier molecular flexibility index (Phi) is 3.73. The van der Waals surface area contributed by atoms with Gasteiger partial charge in [-0.2, -0.15) is 0 Å². The van der Waals surface area contributed by atoms with Crippen molar-refractivity contribution in [1.29, 1.82) is 0 Å². The predicted octanol–water partition coefficient (Wildman–Crippen LogP) is 3.79. The van der Waals surface area contributed by atoms with Gasteiger partial charge in [0.1, 0.15) is 0 Å². The van der Waals surface area contributed by atoms with Gasteiger partial charge in [0.25, 0.3) is 5.91 Å². The third-order valence-electron chi connectivity index (χ3n) is 5.66. The Morgan fingerprint density at radius 2 is 1.88 bits per heavy atom. The first-order chi connectivity index (χ1) is 12.8. The number of carbonyl (C=O) groups is 1. The molecular weight excluding hydrogens is 324 g/mol. The first-order valence-electron chi connectivity index (χ1n) is 9.46. The molecule has 0 radical (unpaired) electrons. The molecule has 1 aliphatic carbocycles. The second-order valence-corrected chi connectivity index (χ2v) is 7.42. The summed E-state index contributed by atoms with van der Waals surface area (Å²) < 4.78 is 2.16. The van der Waals surface area contributed by atoms with E-state index in [4.69, 9.17) is 4.98 Å². The van der Waals surface area contributed by atoms with Crippen LogP contribution in [0.2, 0.25) is 0 Å². The zero-order valence-electron chi connectivity index (χ0n) is 14.7. The molecule has 0 N–H and O–H groups in total. The molecule has 2 aliphatic rings. The lowest BCUT2D eigenvalue weighted by Crippen LogP contribution is -2.39. The minimum atomic E-state index is 0.148. The number of carbonyl (C=O) groups excluding carboxylic acids is 1. The zero-order valence-corrected chi connectivity index (χ0v) is 14.7. The summed E-state index contributed by atoms with van der Waals surface area (Å²) in [5.41, 5.74) is 2.84. The molecule has 132 valence electrons. The van der Waals surface area contributed by atoms with Gasteiger partial charge >= 0.3 is 0 Å². The number of aromatic nitrogens is 3. The summed E-state index contributed by atoms with van der Waals surface area (Å²) in [5, 5.41) is 0.971. The maximum absolute atomic E-state index is 13.3. The van der Waals surface area contributed by atoms with Crippen molar-refractivity contribution in [3.05, 3.63) is 60.3 Å². The molecule has 5 rings (SSSR count). The predicted molar refractivity (Wildman–Crippen MR) is 100 cm³/mol. The maximum atomic E-state index is 13.3. The fraction of sp³-hybridized carbons (Fsp3) is 0.381. The number of rotatable bonds is 3. The molecule has 0 atom stereocenters. The highest BCUT2D eigenvalue weighted by Crippen LogP contribution is 2.40. The van der Waals surface area contributed by atoms with Crippen LogP contribution in [0.3, 0.4) is 0 Å². The van der Waals surface area contributed by atoms with Crippen molar-refractivity contribution < 1.29 is 4.79 Å². The highest BCUT2D eigenvalue weighted by Gasteiger charge is 2.29. The van der Waals surface area contributed by atoms with Gasteiger partial charge in [-0.3, -0.25) is 9.78 Å². The van der Waals surface area contributed by atoms with E-state index >= 15 is 0 Å². The minimum absolute atomic E-state index is 0.148. The van der Waals surface area contributed by atoms with Gasteiger partial charge in [-0.25, -0.2) is 4.98 Å². The third-order valence-corrected chi connectivity index (χ3v) is 5.66. The Morgan fingerprint density at radius 3 is 2.62 bits per heavy atom. The normalized spacial score (nSPS) is 18.4. The van der Waals surface area contributed by atoms with Crippen LogP contribution in [0.25, 0.3) is 10.9 Å². The Labute approximate surface area is 152 Å². The molecule has 2 aromatic heterocycles. The van der Waals surface area contributed by atoms with Crippen LogP contribution >= 0.6 is 0 Å². The van der Waals surface area contributed by atoms with E-state index in [1.54, 1.807) is 0 Å². The molecule has 26 heavy (non-hydrogen) atoms. The molecule has 5 heteroatoms. The van der Waals surface area contributed by atoms with Crippen molar-refractivity contribution in [1.82, 2.24) is 19.4 Å². The van der Waals surface area contributed by atoms with Crippen molar-refractivity contribution in [2.75, 3.05) is 13.1 Å². The van der Waals surface area contributed by atoms with E-state index in [0.717, 1.165) is 48.1 Å². The van der Waals surface area contributed by atoms with Gasteiger partial charge < -0.3 is 9.47 Å². The zero-order chi connectivity index (χ0) is 17.5. The Hall–Kier alpha value is -2.69. The van der Waals surface area contributed by atoms with E-state index in [0.29, 0.717) is 12.0 Å². The summed E-state index contributed by atoms with van der Waals surface area (Å²) in [6.07, 6.45) is 10.0. The van der Waals surface area contributed by atoms with Crippen LogP contribution in [0.15, 0.2) is 49.1 Å². The average Bonchev–Trinajstić information content (AvgIpc) is 3.41. The average molecular weight is 346 g/mol. The number of benzene rings is 1. The lowest BCUT2D eigenvalue weighted by Gasteiger charge is -2.33. The molecule has 1 aromatic carbocycles. The van der Waals surface area contributed by atoms with Gasteiger partial charge in [-0.15, -0.1) is 0 Å². The molecule has 2 fully saturated rings. The quantitative estimate of drug-likeness (QED) is 0.725. The first-order valence-corrected chi connectivity index (χ1v) is 9.46. The fourth-order valence-corrected chi connectivity index (χ4v) is 3.98. The summed E-state index contributed by atoms with van der Waals surface area (Å²) >= 11 is 0. The molecule has 1 aliphatic heterocycles. The third kappa shape index (κ3) is 2.77. The summed E-state index contributed by atoms with van der Waals surface area (Å²) in [4.78, 5) is 24.2. The van der Waals surface area contributed by atoms with Gasteiger partial charge in [0, 0.05) is 48.5 Å². The Balaban J connectivity index is 1.42. The lowest BCUT2D eigenvalue weighted by atomic mass is 10.0. The van der Waals surface area contributed by atoms with Crippen molar-refractivity contribution in [2.45, 2.75) is 37.6 Å². The monoisotopic (exact) mass is 346 g/mol. The highest BCUT2D eigenvalue weighted by molar-refractivity contribution is 6.06. The van der Waals surface area contributed by atoms with Crippen molar-refractivity contribution >= 4 is 16.8 Å². The molecule has 0 spiro atoms. The van der Waals surface area contributed by atoms with E-state index in [-0.39, 0.29) is 5.91 Å². The standard InChI is InChI=1S/C21H22N4O/c26-21(24-10-7-16(8-11-24)25-12-9-22-14-25)18-13-20(15-5-6-15)23-19-4-2-1-3-17(18)19/h1-4,9,12-16H,5-8,10-11H2. The van der Waals surface area contributed by atoms with E-state index < -0.39 is 0 Å². The van der Waals surface area contributed by atoms with Crippen LogP contribution in [-0.2, 0) is 0 Å². The second kappa shape index (κ2) is 6.24. The summed E-state index contributed by atoms with van der Waals surface area (Å²) in [5.74, 6) is 0.688. The van der Waals surface area contributed by atoms with Crippen LogP contribution in [0.5, 0.6) is 0 Å². The smallest absolute Gasteiger partial charge is 0.254 e. The summed E-state index contributed by atoms with van der Waals surface area (Å²) in [6.45, 7) is 1.58. The summed E-state index contributed by atoms with van der Waals surface area (Å²) in [7, 11) is 0. The topological polar surface area (TPSA) is 51.0 Å². The number of pyridine rings is 1. The molecule has 3 heterocycles. The minimum Gasteiger partial charge on any atom is -0.338 e. The molecule has 5 nitrogen and oxygen atoms in total. The van der Waals surface area contributed by atoms with Crippen molar-refractivity contribution in [3.63, 3.8) is 0 Å². The molecule has 1 saturated carbocycles. The molecule has 0 unspecified atom stereocenters. The van der Waals surface area contributed by atoms with Crippen molar-refractivity contribution in [2.24, 2.45) is 0 Å². The second-order valence-electron chi connectivity index (χ2n) is 7.42. The summed E-state index contributed by atoms with van der Waals surface area (Å²) in [6, 6.07) is 10.5. The molecule has 3 aromatic rings. The van der Waals surface area contributed by atoms with Gasteiger partial charge in [0.15, 0.2) is 0 Å². The number of para-hydroxylation sites is 1. The number of piperidine rings is 1. The van der Waals surface area contributed by atoms with E-state index in [1.807, 2.05) is 54.0 Å². The first kappa shape index (κ1) is 15.6. The van der Waals surface area contributed by atoms with Crippen LogP contribution in [0.4, 0.5) is 0 Å². The number of hydrogen-bond acceptors (Lipinski definition) is 3. The van der Waals surface area contributed by atoms with Crippen LogP contribution < -0.4 is 0 Å². The fourth-order valence-electron chi connectivity index (χ4n) is 3.98. The van der Waals surface area contributed by atoms with E-state index in [2.05, 4.69) is 9.55 Å². The van der Waals surface area contributed by atoms with E-state index in [1.165, 1.54) is 12.8 Å². The number of nitrogens with zero attached hydrogens (tertiary/aromatic N) is 4. The largest absolute Gasteiger partial charge is 0.338 e. The van der Waals surface area contributed by atoms with Gasteiger partial charge in [-0.05, 0) is 37.8 Å². The van der Waals surface area contributed by atoms with Crippen LogP contribution in [-0.4, -0.2) is 38.4 Å². The number of amides is 1. The van der Waals surface area contributed by atoms with Gasteiger partial charge in [0.2, 0.25) is 0 Å². The SMILES string of the molecule is O=C(c1cc(C2CC2)nc2ccccc12)N1CCC(n2ccnc2)CC1. The number of likely N-dealkylation sites (tertiary alicyclic amines) is 1.